The van der Waals surface area contributed by atoms with Gasteiger partial charge in [-0.05, 0) is 34.7 Å². The first-order valence-electron chi connectivity index (χ1n) is 17.8. The van der Waals surface area contributed by atoms with E-state index in [4.69, 9.17) is 9.97 Å². The minimum absolute atomic E-state index is 0.158. The van der Waals surface area contributed by atoms with Crippen LogP contribution in [-0.2, 0) is 5.41 Å². The van der Waals surface area contributed by atoms with E-state index in [9.17, 15) is 0 Å². The molecule has 2 aliphatic heterocycles. The van der Waals surface area contributed by atoms with Crippen molar-refractivity contribution in [3.8, 4) is 28.3 Å². The van der Waals surface area contributed by atoms with Crippen LogP contribution in [0.4, 0.5) is 11.4 Å². The van der Waals surface area contributed by atoms with Crippen molar-refractivity contribution in [2.75, 3.05) is 4.90 Å². The Morgan fingerprint density at radius 2 is 1.33 bits per heavy atom. The van der Waals surface area contributed by atoms with Gasteiger partial charge in [0.25, 0.3) is 0 Å². The van der Waals surface area contributed by atoms with E-state index in [1.54, 1.807) is 0 Å². The average molecular weight is 649 g/mol. The van der Waals surface area contributed by atoms with Gasteiger partial charge in [-0.3, -0.25) is 9.55 Å². The van der Waals surface area contributed by atoms with Crippen molar-refractivity contribution in [3.63, 3.8) is 0 Å². The summed E-state index contributed by atoms with van der Waals surface area (Å²) in [6.45, 7) is 2.45. The molecular weight excluding hydrogens is 621 g/mol. The van der Waals surface area contributed by atoms with Gasteiger partial charge >= 0.3 is 0 Å². The number of nitrogens with zero attached hydrogens (tertiary/aromatic N) is 4. The summed E-state index contributed by atoms with van der Waals surface area (Å²) < 4.78 is 2.47. The zero-order chi connectivity index (χ0) is 33.2. The molecule has 9 aromatic rings. The van der Waals surface area contributed by atoms with Gasteiger partial charge < -0.3 is 4.90 Å². The Hall–Kier alpha value is -6.52. The van der Waals surface area contributed by atoms with Crippen molar-refractivity contribution in [2.45, 2.75) is 18.4 Å². The van der Waals surface area contributed by atoms with E-state index in [1.165, 1.54) is 82.2 Å². The number of para-hydroxylation sites is 1. The number of rotatable bonds is 1. The van der Waals surface area contributed by atoms with Gasteiger partial charge in [-0.2, -0.15) is 0 Å². The van der Waals surface area contributed by atoms with E-state index in [1.807, 2.05) is 6.20 Å². The molecule has 0 bridgehead atoms. The van der Waals surface area contributed by atoms with Gasteiger partial charge in [-0.25, -0.2) is 4.98 Å². The molecule has 2 atom stereocenters. The number of aromatic nitrogens is 3. The van der Waals surface area contributed by atoms with E-state index >= 15 is 0 Å². The Bertz CT molecular complexity index is 3170. The molecule has 4 aliphatic rings. The Morgan fingerprint density at radius 1 is 0.608 bits per heavy atom. The fraction of sp³-hybridized carbons (Fsp3) is 0.0638. The molecule has 7 aromatic carbocycles. The number of fused-ring (bicyclic) bond motifs is 18. The lowest BCUT2D eigenvalue weighted by molar-refractivity contribution is 0.573. The molecule has 0 saturated heterocycles. The minimum atomic E-state index is -0.297. The van der Waals surface area contributed by atoms with Crippen LogP contribution < -0.4 is 4.90 Å². The fourth-order valence-corrected chi connectivity index (χ4v) is 10.3. The maximum atomic E-state index is 5.62. The number of hydrogen-bond acceptors (Lipinski definition) is 3. The van der Waals surface area contributed by atoms with Crippen LogP contribution in [0.3, 0.4) is 0 Å². The van der Waals surface area contributed by atoms with E-state index in [0.29, 0.717) is 0 Å². The maximum absolute atomic E-state index is 5.62. The highest BCUT2D eigenvalue weighted by atomic mass is 15.2. The summed E-state index contributed by atoms with van der Waals surface area (Å²) in [6.07, 6.45) is 9.09. The first kappa shape index (κ1) is 26.4. The third-order valence-electron chi connectivity index (χ3n) is 12.3. The van der Waals surface area contributed by atoms with Crippen LogP contribution in [0.15, 0.2) is 146 Å². The fourth-order valence-electron chi connectivity index (χ4n) is 10.3. The first-order chi connectivity index (χ1) is 25.2. The Balaban J connectivity index is 1.25. The summed E-state index contributed by atoms with van der Waals surface area (Å²) in [6, 6.07) is 44.6. The second-order valence-corrected chi connectivity index (χ2v) is 14.7. The van der Waals surface area contributed by atoms with Gasteiger partial charge in [0.2, 0.25) is 0 Å². The molecule has 13 rings (SSSR count). The largest absolute Gasteiger partial charge is 0.331 e. The number of allylic oxidation sites excluding steroid dienone is 2. The van der Waals surface area contributed by atoms with Crippen LogP contribution >= 0.6 is 0 Å². The molecule has 2 aromatic heterocycles. The molecule has 4 nitrogen and oxygen atoms in total. The highest BCUT2D eigenvalue weighted by Gasteiger charge is 2.55. The average Bonchev–Trinajstić information content (AvgIpc) is 3.89. The smallest absolute Gasteiger partial charge is 0.156 e. The highest BCUT2D eigenvalue weighted by molar-refractivity contribution is 6.30. The van der Waals surface area contributed by atoms with Crippen LogP contribution in [0.25, 0.3) is 88.0 Å². The van der Waals surface area contributed by atoms with Gasteiger partial charge in [-0.1, -0.05) is 133 Å². The van der Waals surface area contributed by atoms with Crippen molar-refractivity contribution in [2.24, 2.45) is 0 Å². The third-order valence-corrected chi connectivity index (χ3v) is 12.3. The predicted molar refractivity (Wildman–Crippen MR) is 210 cm³/mol. The lowest BCUT2D eigenvalue weighted by Crippen LogP contribution is -2.38. The van der Waals surface area contributed by atoms with Crippen molar-refractivity contribution in [1.82, 2.24) is 14.5 Å². The topological polar surface area (TPSA) is 34.0 Å². The molecule has 4 heteroatoms. The summed E-state index contributed by atoms with van der Waals surface area (Å²) in [4.78, 5) is 13.5. The third kappa shape index (κ3) is 2.94. The molecule has 0 N–H and O–H groups in total. The molecule has 0 saturated carbocycles. The zero-order valence-corrected chi connectivity index (χ0v) is 27.7. The zero-order valence-electron chi connectivity index (χ0n) is 27.7. The van der Waals surface area contributed by atoms with Gasteiger partial charge in [0, 0.05) is 60.3 Å². The molecule has 236 valence electrons. The molecular formula is C47H28N4. The summed E-state index contributed by atoms with van der Waals surface area (Å²) in [5.41, 5.74) is 13.0. The monoisotopic (exact) mass is 648 g/mol. The Morgan fingerprint density at radius 3 is 2.22 bits per heavy atom. The predicted octanol–water partition coefficient (Wildman–Crippen LogP) is 11.4. The summed E-state index contributed by atoms with van der Waals surface area (Å²) in [5, 5.41) is 9.95. The number of anilines is 2. The standard InChI is InChI=1S/C47H28N4/c1-47-24-10-20-32-29-15-6-7-21-36(29)50(46(32)47)44-31-17-5-4-16-30(31)39-35-23-22-26-11-2-3-14-28(26)43(35)51(45(39)40(44)47)37-25-48-41-33-18-8-12-27-13-9-19-34(38(27)33)42(41)49-37/h2-25,46H,1H3. The molecule has 4 heterocycles. The van der Waals surface area contributed by atoms with Crippen molar-refractivity contribution in [1.29, 1.82) is 0 Å². The van der Waals surface area contributed by atoms with E-state index in [-0.39, 0.29) is 11.5 Å². The molecule has 0 amide bonds. The van der Waals surface area contributed by atoms with Crippen molar-refractivity contribution >= 4 is 71.1 Å². The first-order valence-corrected chi connectivity index (χ1v) is 17.8. The summed E-state index contributed by atoms with van der Waals surface area (Å²) in [7, 11) is 0. The van der Waals surface area contributed by atoms with Crippen LogP contribution in [0.5, 0.6) is 0 Å². The van der Waals surface area contributed by atoms with Crippen molar-refractivity contribution in [3.05, 3.63) is 157 Å². The minimum Gasteiger partial charge on any atom is -0.331 e. The van der Waals surface area contributed by atoms with Crippen LogP contribution in [0.1, 0.15) is 18.1 Å². The Labute approximate surface area is 293 Å². The van der Waals surface area contributed by atoms with Gasteiger partial charge in [0.1, 0.15) is 0 Å². The second-order valence-electron chi connectivity index (χ2n) is 14.7. The highest BCUT2D eigenvalue weighted by Crippen LogP contribution is 2.64. The molecule has 51 heavy (non-hydrogen) atoms. The van der Waals surface area contributed by atoms with E-state index in [2.05, 4.69) is 156 Å². The van der Waals surface area contributed by atoms with Crippen molar-refractivity contribution < 1.29 is 0 Å². The van der Waals surface area contributed by atoms with Crippen LogP contribution in [-0.4, -0.2) is 20.6 Å². The quantitative estimate of drug-likeness (QED) is 0.178. The summed E-state index contributed by atoms with van der Waals surface area (Å²) in [5.74, 6) is 0.846. The summed E-state index contributed by atoms with van der Waals surface area (Å²) >= 11 is 0. The molecule has 2 unspecified atom stereocenters. The lowest BCUT2D eigenvalue weighted by atomic mass is 9.71. The normalized spacial score (nSPS) is 19.0. The number of benzene rings is 7. The van der Waals surface area contributed by atoms with Crippen LogP contribution in [0.2, 0.25) is 0 Å². The molecule has 2 aliphatic carbocycles. The second kappa shape index (κ2) is 8.79. The van der Waals surface area contributed by atoms with Crippen LogP contribution in [0, 0.1) is 0 Å². The maximum Gasteiger partial charge on any atom is 0.156 e. The van der Waals surface area contributed by atoms with E-state index < -0.39 is 0 Å². The van der Waals surface area contributed by atoms with Gasteiger partial charge in [-0.15, -0.1) is 0 Å². The molecule has 0 radical (unpaired) electrons. The molecule has 0 spiro atoms. The van der Waals surface area contributed by atoms with Gasteiger partial charge in [0.15, 0.2) is 5.82 Å². The van der Waals surface area contributed by atoms with Gasteiger partial charge in [0.05, 0.1) is 40.3 Å². The molecule has 0 fully saturated rings. The number of hydrogen-bond donors (Lipinski definition) is 0. The SMILES string of the molecule is CC12C=CC=C3c4ccccc4N(c4c1c1c(c5ccccc45)c4ccc5ccccc5c4n1-c1cnc4c(n1)-c1cccc5cccc-4c15)C32. The lowest BCUT2D eigenvalue weighted by Gasteiger charge is -2.33. The van der Waals surface area contributed by atoms with E-state index in [0.717, 1.165) is 28.3 Å². The Kier molecular flexibility index (Phi) is 4.54.